The summed E-state index contributed by atoms with van der Waals surface area (Å²) in [7, 11) is 0. The molecule has 0 aliphatic carbocycles. The average Bonchev–Trinajstić information content (AvgIpc) is 2.44. The van der Waals surface area contributed by atoms with Crippen molar-refractivity contribution < 1.29 is 9.53 Å². The van der Waals surface area contributed by atoms with Crippen LogP contribution in [0, 0.1) is 13.8 Å². The summed E-state index contributed by atoms with van der Waals surface area (Å²) in [6.07, 6.45) is 0. The second kappa shape index (κ2) is 7.26. The summed E-state index contributed by atoms with van der Waals surface area (Å²) in [6.45, 7) is 8.98. The number of benzene rings is 1. The smallest absolute Gasteiger partial charge is 0.319 e. The summed E-state index contributed by atoms with van der Waals surface area (Å²) in [4.78, 5) is 14.1. The van der Waals surface area contributed by atoms with Crippen molar-refractivity contribution in [3.05, 3.63) is 29.3 Å². The van der Waals surface area contributed by atoms with E-state index in [1.807, 2.05) is 32.0 Å². The van der Waals surface area contributed by atoms with Gasteiger partial charge in [0, 0.05) is 31.9 Å². The summed E-state index contributed by atoms with van der Waals surface area (Å²) in [5.74, 6) is 0. The second-order valence-corrected chi connectivity index (χ2v) is 5.15. The van der Waals surface area contributed by atoms with Gasteiger partial charge in [-0.25, -0.2) is 4.79 Å². The van der Waals surface area contributed by atoms with Gasteiger partial charge in [-0.05, 0) is 31.0 Å². The normalized spacial score (nSPS) is 15.9. The molecule has 0 spiro atoms. The van der Waals surface area contributed by atoms with Gasteiger partial charge in [-0.1, -0.05) is 12.1 Å². The molecule has 0 radical (unpaired) electrons. The lowest BCUT2D eigenvalue weighted by molar-refractivity contribution is 0.0388. The van der Waals surface area contributed by atoms with Gasteiger partial charge in [0.2, 0.25) is 0 Å². The van der Waals surface area contributed by atoms with Gasteiger partial charge in [0.1, 0.15) is 0 Å². The maximum Gasteiger partial charge on any atom is 0.319 e. The number of hydrogen-bond donors (Lipinski definition) is 2. The Morgan fingerprint density at radius 3 is 2.80 bits per heavy atom. The predicted molar refractivity (Wildman–Crippen MR) is 80.2 cm³/mol. The molecule has 0 bridgehead atoms. The van der Waals surface area contributed by atoms with Gasteiger partial charge in [-0.3, -0.25) is 4.90 Å². The van der Waals surface area contributed by atoms with Crippen molar-refractivity contribution in [1.29, 1.82) is 0 Å². The van der Waals surface area contributed by atoms with E-state index in [-0.39, 0.29) is 6.03 Å². The Balaban J connectivity index is 1.73. The van der Waals surface area contributed by atoms with E-state index in [4.69, 9.17) is 4.74 Å². The minimum Gasteiger partial charge on any atom is -0.379 e. The van der Waals surface area contributed by atoms with Gasteiger partial charge in [0.05, 0.1) is 13.2 Å². The first-order chi connectivity index (χ1) is 9.65. The number of morpholine rings is 1. The van der Waals surface area contributed by atoms with Crippen molar-refractivity contribution in [2.24, 2.45) is 0 Å². The SMILES string of the molecule is Cc1ccc(C)c(NC(=O)NCCN2CCOCC2)c1. The zero-order valence-electron chi connectivity index (χ0n) is 12.2. The summed E-state index contributed by atoms with van der Waals surface area (Å²) in [5, 5.41) is 5.79. The monoisotopic (exact) mass is 277 g/mol. The van der Waals surface area contributed by atoms with Crippen LogP contribution in [0.4, 0.5) is 10.5 Å². The van der Waals surface area contributed by atoms with Crippen LogP contribution in [0.1, 0.15) is 11.1 Å². The molecule has 2 amide bonds. The zero-order valence-corrected chi connectivity index (χ0v) is 12.2. The Labute approximate surface area is 120 Å². The number of rotatable bonds is 4. The number of urea groups is 1. The Bertz CT molecular complexity index is 456. The number of carbonyl (C=O) groups excluding carboxylic acids is 1. The molecule has 0 atom stereocenters. The molecule has 0 saturated carbocycles. The second-order valence-electron chi connectivity index (χ2n) is 5.15. The third-order valence-electron chi connectivity index (χ3n) is 3.46. The van der Waals surface area contributed by atoms with Crippen molar-refractivity contribution in [3.8, 4) is 0 Å². The third-order valence-corrected chi connectivity index (χ3v) is 3.46. The minimum atomic E-state index is -0.146. The van der Waals surface area contributed by atoms with Crippen LogP contribution < -0.4 is 10.6 Å². The lowest BCUT2D eigenvalue weighted by atomic mass is 10.1. The lowest BCUT2D eigenvalue weighted by Gasteiger charge is -2.26. The van der Waals surface area contributed by atoms with Crippen LogP contribution in [0.15, 0.2) is 18.2 Å². The van der Waals surface area contributed by atoms with Gasteiger partial charge < -0.3 is 15.4 Å². The molecular formula is C15H23N3O2. The van der Waals surface area contributed by atoms with Crippen molar-refractivity contribution in [2.45, 2.75) is 13.8 Å². The highest BCUT2D eigenvalue weighted by molar-refractivity contribution is 5.90. The average molecular weight is 277 g/mol. The first kappa shape index (κ1) is 14.8. The molecule has 1 saturated heterocycles. The molecule has 0 aromatic heterocycles. The number of carbonyl (C=O) groups is 1. The number of nitrogens with one attached hydrogen (secondary N) is 2. The highest BCUT2D eigenvalue weighted by Crippen LogP contribution is 2.15. The van der Waals surface area contributed by atoms with E-state index < -0.39 is 0 Å². The van der Waals surface area contributed by atoms with E-state index >= 15 is 0 Å². The lowest BCUT2D eigenvalue weighted by Crippen LogP contribution is -2.42. The molecule has 0 unspecified atom stereocenters. The fourth-order valence-electron chi connectivity index (χ4n) is 2.19. The molecule has 110 valence electrons. The van der Waals surface area contributed by atoms with Crippen molar-refractivity contribution in [1.82, 2.24) is 10.2 Å². The van der Waals surface area contributed by atoms with Gasteiger partial charge >= 0.3 is 6.03 Å². The molecule has 2 N–H and O–H groups in total. The van der Waals surface area contributed by atoms with Crippen LogP contribution in [-0.4, -0.2) is 50.3 Å². The van der Waals surface area contributed by atoms with E-state index in [9.17, 15) is 4.79 Å². The molecule has 1 aliphatic heterocycles. The van der Waals surface area contributed by atoms with Gasteiger partial charge in [0.15, 0.2) is 0 Å². The number of amides is 2. The number of anilines is 1. The van der Waals surface area contributed by atoms with Crippen LogP contribution in [0.3, 0.4) is 0 Å². The fourth-order valence-corrected chi connectivity index (χ4v) is 2.19. The van der Waals surface area contributed by atoms with E-state index in [1.165, 1.54) is 0 Å². The highest BCUT2D eigenvalue weighted by atomic mass is 16.5. The molecule has 2 rings (SSSR count). The number of hydrogen-bond acceptors (Lipinski definition) is 3. The first-order valence-electron chi connectivity index (χ1n) is 7.07. The molecule has 1 aromatic rings. The topological polar surface area (TPSA) is 53.6 Å². The Hall–Kier alpha value is -1.59. The van der Waals surface area contributed by atoms with E-state index in [1.54, 1.807) is 0 Å². The predicted octanol–water partition coefficient (Wildman–Crippen LogP) is 1.76. The molecular weight excluding hydrogens is 254 g/mol. The third kappa shape index (κ3) is 4.51. The molecule has 5 nitrogen and oxygen atoms in total. The Morgan fingerprint density at radius 1 is 1.30 bits per heavy atom. The summed E-state index contributed by atoms with van der Waals surface area (Å²) in [5.41, 5.74) is 3.08. The molecule has 1 aliphatic rings. The van der Waals surface area contributed by atoms with Crippen LogP contribution in [0.5, 0.6) is 0 Å². The van der Waals surface area contributed by atoms with Crippen molar-refractivity contribution in [3.63, 3.8) is 0 Å². The van der Waals surface area contributed by atoms with Gasteiger partial charge in [0.25, 0.3) is 0 Å². The highest BCUT2D eigenvalue weighted by Gasteiger charge is 2.10. The fraction of sp³-hybridized carbons (Fsp3) is 0.533. The Kier molecular flexibility index (Phi) is 5.38. The van der Waals surface area contributed by atoms with Crippen LogP contribution in [0.25, 0.3) is 0 Å². The molecule has 1 fully saturated rings. The van der Waals surface area contributed by atoms with Crippen LogP contribution >= 0.6 is 0 Å². The molecule has 1 heterocycles. The quantitative estimate of drug-likeness (QED) is 0.881. The first-order valence-corrected chi connectivity index (χ1v) is 7.07. The minimum absolute atomic E-state index is 0.146. The molecule has 5 heteroatoms. The van der Waals surface area contributed by atoms with Gasteiger partial charge in [-0.2, -0.15) is 0 Å². The number of aryl methyl sites for hydroxylation is 2. The van der Waals surface area contributed by atoms with Crippen molar-refractivity contribution in [2.75, 3.05) is 44.7 Å². The standard InChI is InChI=1S/C15H23N3O2/c1-12-3-4-13(2)14(11-12)17-15(19)16-5-6-18-7-9-20-10-8-18/h3-4,11H,5-10H2,1-2H3,(H2,16,17,19). The van der Waals surface area contributed by atoms with Crippen molar-refractivity contribution >= 4 is 11.7 Å². The Morgan fingerprint density at radius 2 is 2.05 bits per heavy atom. The zero-order chi connectivity index (χ0) is 14.4. The van der Waals surface area contributed by atoms with E-state index in [2.05, 4.69) is 15.5 Å². The maximum absolute atomic E-state index is 11.9. The number of nitrogens with zero attached hydrogens (tertiary/aromatic N) is 1. The maximum atomic E-state index is 11.9. The summed E-state index contributed by atoms with van der Waals surface area (Å²) in [6, 6.07) is 5.89. The van der Waals surface area contributed by atoms with E-state index in [0.717, 1.165) is 49.7 Å². The summed E-state index contributed by atoms with van der Waals surface area (Å²) < 4.78 is 5.29. The largest absolute Gasteiger partial charge is 0.379 e. The van der Waals surface area contributed by atoms with Crippen LogP contribution in [0.2, 0.25) is 0 Å². The molecule has 20 heavy (non-hydrogen) atoms. The van der Waals surface area contributed by atoms with Crippen LogP contribution in [-0.2, 0) is 4.74 Å². The van der Waals surface area contributed by atoms with E-state index in [0.29, 0.717) is 6.54 Å². The molecule has 1 aromatic carbocycles. The van der Waals surface area contributed by atoms with Gasteiger partial charge in [-0.15, -0.1) is 0 Å². The summed E-state index contributed by atoms with van der Waals surface area (Å²) >= 11 is 0. The number of ether oxygens (including phenoxy) is 1.